The summed E-state index contributed by atoms with van der Waals surface area (Å²) in [7, 11) is 0. The molecule has 3 aromatic rings. The number of aryl methyl sites for hydroxylation is 1. The van der Waals surface area contributed by atoms with E-state index in [2.05, 4.69) is 5.16 Å². The summed E-state index contributed by atoms with van der Waals surface area (Å²) < 4.78 is 10.8. The fraction of sp³-hybridized carbons (Fsp3) is 0.222. The minimum atomic E-state index is -1.12. The van der Waals surface area contributed by atoms with Crippen molar-refractivity contribution >= 4 is 16.9 Å². The molecule has 0 aliphatic heterocycles. The molecule has 24 heavy (non-hydrogen) atoms. The van der Waals surface area contributed by atoms with E-state index in [4.69, 9.17) is 15.0 Å². The number of carboxylic acid groups (broad SMARTS) is 1. The van der Waals surface area contributed by atoms with Crippen molar-refractivity contribution in [3.63, 3.8) is 0 Å². The maximum atomic E-state index is 11.6. The maximum absolute atomic E-state index is 11.6. The van der Waals surface area contributed by atoms with Gasteiger partial charge in [0.1, 0.15) is 17.9 Å². The Morgan fingerprint density at radius 1 is 1.29 bits per heavy atom. The zero-order valence-corrected chi connectivity index (χ0v) is 13.2. The second-order valence-electron chi connectivity index (χ2n) is 5.65. The molecule has 0 bridgehead atoms. The fourth-order valence-corrected chi connectivity index (χ4v) is 2.60. The monoisotopic (exact) mass is 326 g/mol. The van der Waals surface area contributed by atoms with Crippen LogP contribution in [0.1, 0.15) is 21.6 Å². The number of aromatic nitrogens is 1. The van der Waals surface area contributed by atoms with E-state index in [1.54, 1.807) is 19.1 Å². The summed E-state index contributed by atoms with van der Waals surface area (Å²) in [5.41, 5.74) is 8.02. The van der Waals surface area contributed by atoms with Gasteiger partial charge in [0.05, 0.1) is 5.69 Å². The van der Waals surface area contributed by atoms with Crippen LogP contribution in [0.25, 0.3) is 11.0 Å². The molecule has 0 spiro atoms. The van der Waals surface area contributed by atoms with E-state index in [0.717, 1.165) is 5.56 Å². The van der Waals surface area contributed by atoms with Crippen LogP contribution in [0.3, 0.4) is 0 Å². The predicted molar refractivity (Wildman–Crippen MR) is 89.3 cm³/mol. The quantitative estimate of drug-likeness (QED) is 0.722. The highest BCUT2D eigenvalue weighted by Gasteiger charge is 2.21. The third kappa shape index (κ3) is 3.23. The van der Waals surface area contributed by atoms with Gasteiger partial charge in [-0.15, -0.1) is 0 Å². The third-order valence-corrected chi connectivity index (χ3v) is 3.79. The number of nitrogens with two attached hydrogens (primary N) is 1. The van der Waals surface area contributed by atoms with Gasteiger partial charge in [-0.3, -0.25) is 0 Å². The summed E-state index contributed by atoms with van der Waals surface area (Å²) in [5, 5.41) is 13.9. The summed E-state index contributed by atoms with van der Waals surface area (Å²) in [4.78, 5) is 11.6. The van der Waals surface area contributed by atoms with Crippen molar-refractivity contribution in [3.05, 3.63) is 59.3 Å². The second-order valence-corrected chi connectivity index (χ2v) is 5.65. The van der Waals surface area contributed by atoms with Gasteiger partial charge in [-0.05, 0) is 31.0 Å². The lowest BCUT2D eigenvalue weighted by atomic mass is 10.1. The summed E-state index contributed by atoms with van der Waals surface area (Å²) >= 11 is 0. The van der Waals surface area contributed by atoms with Gasteiger partial charge in [-0.25, -0.2) is 4.79 Å². The largest absolute Gasteiger partial charge is 0.491 e. The average molecular weight is 326 g/mol. The molecule has 124 valence electrons. The van der Waals surface area contributed by atoms with Crippen LogP contribution >= 0.6 is 0 Å². The Hall–Kier alpha value is -2.86. The highest BCUT2D eigenvalue weighted by molar-refractivity contribution is 6.04. The molecule has 3 rings (SSSR count). The van der Waals surface area contributed by atoms with Gasteiger partial charge in [0.15, 0.2) is 5.58 Å². The average Bonchev–Trinajstić information content (AvgIpc) is 2.94. The van der Waals surface area contributed by atoms with Crippen molar-refractivity contribution in [2.75, 3.05) is 6.61 Å². The molecule has 0 fully saturated rings. The molecule has 0 saturated heterocycles. The Morgan fingerprint density at radius 2 is 2.04 bits per heavy atom. The zero-order chi connectivity index (χ0) is 17.1. The minimum Gasteiger partial charge on any atom is -0.491 e. The van der Waals surface area contributed by atoms with Crippen molar-refractivity contribution in [2.45, 2.75) is 19.4 Å². The lowest BCUT2D eigenvalue weighted by Crippen LogP contribution is -2.30. The van der Waals surface area contributed by atoms with Gasteiger partial charge in [0, 0.05) is 11.4 Å². The Labute approximate surface area is 138 Å². The van der Waals surface area contributed by atoms with E-state index >= 15 is 0 Å². The molecule has 2 aromatic carbocycles. The number of carboxylic acids is 1. The van der Waals surface area contributed by atoms with Gasteiger partial charge >= 0.3 is 5.97 Å². The fourth-order valence-electron chi connectivity index (χ4n) is 2.60. The van der Waals surface area contributed by atoms with E-state index < -0.39 is 5.97 Å². The number of ether oxygens (including phenoxy) is 1. The van der Waals surface area contributed by atoms with Crippen molar-refractivity contribution in [1.82, 2.24) is 5.16 Å². The zero-order valence-electron chi connectivity index (χ0n) is 13.2. The molecular weight excluding hydrogens is 308 g/mol. The number of hydrogen-bond acceptors (Lipinski definition) is 5. The first-order chi connectivity index (χ1) is 11.6. The van der Waals surface area contributed by atoms with Crippen LogP contribution in [0, 0.1) is 6.92 Å². The first-order valence-electron chi connectivity index (χ1n) is 7.61. The molecule has 0 aliphatic rings. The third-order valence-electron chi connectivity index (χ3n) is 3.79. The first kappa shape index (κ1) is 16.0. The number of nitrogens with zero attached hydrogens (tertiary/aromatic N) is 1. The summed E-state index contributed by atoms with van der Waals surface area (Å²) in [6.07, 6.45) is 0.646. The van der Waals surface area contributed by atoms with E-state index in [9.17, 15) is 9.90 Å². The Balaban J connectivity index is 1.77. The van der Waals surface area contributed by atoms with Crippen LogP contribution in [0.2, 0.25) is 0 Å². The van der Waals surface area contributed by atoms with Crippen molar-refractivity contribution in [3.8, 4) is 5.75 Å². The molecule has 1 aromatic heterocycles. The topological polar surface area (TPSA) is 98.6 Å². The first-order valence-corrected chi connectivity index (χ1v) is 7.61. The standard InChI is InChI=1S/C18H18N2O4/c1-11-14-7-8-15(16(18(21)22)17(14)24-20-11)23-10-13(19)9-12-5-3-2-4-6-12/h2-8,13H,9-10,19H2,1H3,(H,21,22)/t13-/m1/s1. The maximum Gasteiger partial charge on any atom is 0.343 e. The SMILES string of the molecule is Cc1noc2c(C(=O)O)c(OC[C@H](N)Cc3ccccc3)ccc12. The van der Waals surface area contributed by atoms with E-state index in [-0.39, 0.29) is 29.5 Å². The van der Waals surface area contributed by atoms with Crippen LogP contribution in [-0.4, -0.2) is 28.9 Å². The molecule has 6 heteroatoms. The predicted octanol–water partition coefficient (Wildman–Crippen LogP) is 2.78. The summed E-state index contributed by atoms with van der Waals surface area (Å²) in [5.74, 6) is -0.891. The molecular formula is C18H18N2O4. The molecule has 1 atom stereocenters. The van der Waals surface area contributed by atoms with Crippen LogP contribution in [-0.2, 0) is 6.42 Å². The van der Waals surface area contributed by atoms with Crippen LogP contribution < -0.4 is 10.5 Å². The minimum absolute atomic E-state index is 0.0278. The molecule has 0 amide bonds. The van der Waals surface area contributed by atoms with Crippen LogP contribution in [0.5, 0.6) is 5.75 Å². The van der Waals surface area contributed by atoms with Crippen molar-refractivity contribution < 1.29 is 19.2 Å². The number of fused-ring (bicyclic) bond motifs is 1. The highest BCUT2D eigenvalue weighted by atomic mass is 16.5. The van der Waals surface area contributed by atoms with Gasteiger partial charge in [0.2, 0.25) is 0 Å². The lowest BCUT2D eigenvalue weighted by molar-refractivity contribution is 0.0692. The van der Waals surface area contributed by atoms with Gasteiger partial charge in [0.25, 0.3) is 0 Å². The number of rotatable bonds is 6. The van der Waals surface area contributed by atoms with Gasteiger partial charge in [-0.2, -0.15) is 0 Å². The number of hydrogen-bond donors (Lipinski definition) is 2. The molecule has 0 saturated carbocycles. The van der Waals surface area contributed by atoms with Crippen LogP contribution in [0.4, 0.5) is 0 Å². The summed E-state index contributed by atoms with van der Waals surface area (Å²) in [6, 6.07) is 12.9. The molecule has 3 N–H and O–H groups in total. The highest BCUT2D eigenvalue weighted by Crippen LogP contribution is 2.30. The Bertz CT molecular complexity index is 858. The number of aromatic carboxylic acids is 1. The van der Waals surface area contributed by atoms with E-state index in [1.807, 2.05) is 30.3 Å². The van der Waals surface area contributed by atoms with Crippen LogP contribution in [0.15, 0.2) is 47.0 Å². The molecule has 0 radical (unpaired) electrons. The Kier molecular flexibility index (Phi) is 4.48. The molecule has 0 aliphatic carbocycles. The van der Waals surface area contributed by atoms with E-state index in [1.165, 1.54) is 0 Å². The van der Waals surface area contributed by atoms with Crippen molar-refractivity contribution in [2.24, 2.45) is 5.73 Å². The smallest absolute Gasteiger partial charge is 0.343 e. The van der Waals surface area contributed by atoms with Gasteiger partial charge in [-0.1, -0.05) is 35.5 Å². The summed E-state index contributed by atoms with van der Waals surface area (Å²) in [6.45, 7) is 1.96. The number of benzene rings is 2. The Morgan fingerprint density at radius 3 is 2.75 bits per heavy atom. The lowest BCUT2D eigenvalue weighted by Gasteiger charge is -2.14. The van der Waals surface area contributed by atoms with E-state index in [0.29, 0.717) is 17.5 Å². The number of carbonyl (C=O) groups is 1. The second kappa shape index (κ2) is 6.72. The normalized spacial score (nSPS) is 12.2. The van der Waals surface area contributed by atoms with Gasteiger partial charge < -0.3 is 20.1 Å². The van der Waals surface area contributed by atoms with Crippen molar-refractivity contribution in [1.29, 1.82) is 0 Å². The molecule has 1 heterocycles. The molecule has 6 nitrogen and oxygen atoms in total. The molecule has 0 unspecified atom stereocenters.